The molecular weight excluding hydrogens is 333 g/mol. The molecule has 2 aromatic carbocycles. The van der Waals surface area contributed by atoms with Crippen molar-refractivity contribution in [2.45, 2.75) is 5.92 Å². The van der Waals surface area contributed by atoms with Gasteiger partial charge in [0.1, 0.15) is 5.82 Å². The predicted molar refractivity (Wildman–Crippen MR) is 91.2 cm³/mol. The zero-order valence-corrected chi connectivity index (χ0v) is 13.6. The largest absolute Gasteiger partial charge is 0.342 e. The van der Waals surface area contributed by atoms with Crippen molar-refractivity contribution in [2.75, 3.05) is 13.1 Å². The minimum Gasteiger partial charge on any atom is -0.342 e. The van der Waals surface area contributed by atoms with Gasteiger partial charge in [-0.3, -0.25) is 4.79 Å². The number of nitrogens with one attached hydrogen (secondary N) is 1. The monoisotopic (exact) mass is 345 g/mol. The van der Waals surface area contributed by atoms with Crippen molar-refractivity contribution in [3.05, 3.63) is 63.9 Å². The van der Waals surface area contributed by atoms with E-state index in [1.165, 1.54) is 0 Å². The number of aromatic nitrogens is 2. The SMILES string of the molecule is O=C(c1cc(Cl)cc(Cl)c1)N1CC(c2nc3ccccc3[nH]2)C1. The van der Waals surface area contributed by atoms with E-state index >= 15 is 0 Å². The highest BCUT2D eigenvalue weighted by molar-refractivity contribution is 6.35. The fraction of sp³-hybridized carbons (Fsp3) is 0.176. The van der Waals surface area contributed by atoms with E-state index in [2.05, 4.69) is 9.97 Å². The minimum atomic E-state index is -0.0539. The number of likely N-dealkylation sites (tertiary alicyclic amines) is 1. The van der Waals surface area contributed by atoms with Crippen molar-refractivity contribution in [3.8, 4) is 0 Å². The summed E-state index contributed by atoms with van der Waals surface area (Å²) in [6.07, 6.45) is 0. The summed E-state index contributed by atoms with van der Waals surface area (Å²) in [6, 6.07) is 12.8. The van der Waals surface area contributed by atoms with Gasteiger partial charge in [-0.15, -0.1) is 0 Å². The number of rotatable bonds is 2. The van der Waals surface area contributed by atoms with Gasteiger partial charge < -0.3 is 9.88 Å². The molecule has 0 bridgehead atoms. The zero-order valence-electron chi connectivity index (χ0n) is 12.1. The number of aromatic amines is 1. The Hall–Kier alpha value is -2.04. The van der Waals surface area contributed by atoms with Crippen LogP contribution in [-0.2, 0) is 0 Å². The minimum absolute atomic E-state index is 0.0539. The number of benzene rings is 2. The second-order valence-electron chi connectivity index (χ2n) is 5.70. The number of nitrogens with zero attached hydrogens (tertiary/aromatic N) is 2. The third kappa shape index (κ3) is 2.69. The fourth-order valence-corrected chi connectivity index (χ4v) is 3.37. The Balaban J connectivity index is 1.49. The number of imidazole rings is 1. The van der Waals surface area contributed by atoms with Crippen molar-refractivity contribution < 1.29 is 4.79 Å². The van der Waals surface area contributed by atoms with Crippen molar-refractivity contribution in [3.63, 3.8) is 0 Å². The smallest absolute Gasteiger partial charge is 0.254 e. The molecule has 2 heterocycles. The summed E-state index contributed by atoms with van der Waals surface area (Å²) in [5.41, 5.74) is 2.49. The first-order valence-corrected chi connectivity index (χ1v) is 8.06. The van der Waals surface area contributed by atoms with E-state index < -0.39 is 0 Å². The molecule has 1 N–H and O–H groups in total. The summed E-state index contributed by atoms with van der Waals surface area (Å²) < 4.78 is 0. The van der Waals surface area contributed by atoms with Gasteiger partial charge in [-0.05, 0) is 30.3 Å². The molecule has 116 valence electrons. The van der Waals surface area contributed by atoms with Crippen molar-refractivity contribution in [1.82, 2.24) is 14.9 Å². The first-order chi connectivity index (χ1) is 11.1. The van der Waals surface area contributed by atoms with Crippen molar-refractivity contribution in [1.29, 1.82) is 0 Å². The van der Waals surface area contributed by atoms with Crippen LogP contribution >= 0.6 is 23.2 Å². The molecule has 3 aromatic rings. The molecule has 4 rings (SSSR count). The van der Waals surface area contributed by atoms with Gasteiger partial charge in [0.25, 0.3) is 5.91 Å². The molecule has 6 heteroatoms. The van der Waals surface area contributed by atoms with Crippen molar-refractivity contribution in [2.24, 2.45) is 0 Å². The molecule has 1 aliphatic rings. The maximum Gasteiger partial charge on any atom is 0.254 e. The number of hydrogen-bond acceptors (Lipinski definition) is 2. The molecule has 23 heavy (non-hydrogen) atoms. The van der Waals surface area contributed by atoms with Crippen LogP contribution in [0.2, 0.25) is 10.0 Å². The van der Waals surface area contributed by atoms with E-state index in [-0.39, 0.29) is 11.8 Å². The average molecular weight is 346 g/mol. The molecule has 0 saturated carbocycles. The second kappa shape index (κ2) is 5.55. The fourth-order valence-electron chi connectivity index (χ4n) is 2.84. The molecule has 1 saturated heterocycles. The second-order valence-corrected chi connectivity index (χ2v) is 6.58. The molecule has 0 atom stereocenters. The number of halogens is 2. The number of H-pyrrole nitrogens is 1. The highest BCUT2D eigenvalue weighted by atomic mass is 35.5. The van der Waals surface area contributed by atoms with Gasteiger partial charge in [-0.25, -0.2) is 4.98 Å². The molecule has 0 radical (unpaired) electrons. The van der Waals surface area contributed by atoms with Crippen LogP contribution in [0.25, 0.3) is 11.0 Å². The van der Waals surface area contributed by atoms with E-state index in [4.69, 9.17) is 23.2 Å². The van der Waals surface area contributed by atoms with Gasteiger partial charge in [-0.1, -0.05) is 35.3 Å². The van der Waals surface area contributed by atoms with Crippen LogP contribution in [0.5, 0.6) is 0 Å². The Morgan fingerprint density at radius 3 is 2.52 bits per heavy atom. The quantitative estimate of drug-likeness (QED) is 0.759. The molecule has 1 amide bonds. The Bertz CT molecular complexity index is 846. The topological polar surface area (TPSA) is 49.0 Å². The molecule has 1 aromatic heterocycles. The van der Waals surface area contributed by atoms with Gasteiger partial charge in [0.05, 0.1) is 17.0 Å². The Morgan fingerprint density at radius 2 is 1.83 bits per heavy atom. The van der Waals surface area contributed by atoms with E-state index in [0.29, 0.717) is 28.7 Å². The summed E-state index contributed by atoms with van der Waals surface area (Å²) in [5, 5.41) is 0.936. The summed E-state index contributed by atoms with van der Waals surface area (Å²) in [6.45, 7) is 1.28. The third-order valence-corrected chi connectivity index (χ3v) is 4.51. The van der Waals surface area contributed by atoms with E-state index in [0.717, 1.165) is 16.9 Å². The molecule has 0 spiro atoms. The summed E-state index contributed by atoms with van der Waals surface area (Å²) in [5.74, 6) is 1.11. The summed E-state index contributed by atoms with van der Waals surface area (Å²) in [7, 11) is 0. The first-order valence-electron chi connectivity index (χ1n) is 7.30. The third-order valence-electron chi connectivity index (χ3n) is 4.07. The normalized spacial score (nSPS) is 15.0. The summed E-state index contributed by atoms with van der Waals surface area (Å²) in [4.78, 5) is 22.2. The first kappa shape index (κ1) is 14.5. The van der Waals surface area contributed by atoms with Crippen LogP contribution in [0, 0.1) is 0 Å². The number of amides is 1. The lowest BCUT2D eigenvalue weighted by atomic mass is 9.98. The molecule has 1 aliphatic heterocycles. The van der Waals surface area contributed by atoms with Crippen LogP contribution in [0.3, 0.4) is 0 Å². The predicted octanol–water partition coefficient (Wildman–Crippen LogP) is 4.11. The lowest BCUT2D eigenvalue weighted by Crippen LogP contribution is -2.48. The molecular formula is C17H13Cl2N3O. The standard InChI is InChI=1S/C17H13Cl2N3O/c18-12-5-10(6-13(19)7-12)17(23)22-8-11(9-22)16-20-14-3-1-2-4-15(14)21-16/h1-7,11H,8-9H2,(H,20,21). The van der Waals surface area contributed by atoms with E-state index in [1.807, 2.05) is 24.3 Å². The van der Waals surface area contributed by atoms with E-state index in [1.54, 1.807) is 23.1 Å². The lowest BCUT2D eigenvalue weighted by molar-refractivity contribution is 0.0596. The maximum absolute atomic E-state index is 12.5. The van der Waals surface area contributed by atoms with Crippen LogP contribution < -0.4 is 0 Å². The Labute approximate surface area is 143 Å². The highest BCUT2D eigenvalue weighted by Crippen LogP contribution is 2.29. The summed E-state index contributed by atoms with van der Waals surface area (Å²) >= 11 is 11.9. The zero-order chi connectivity index (χ0) is 16.0. The molecule has 4 nitrogen and oxygen atoms in total. The Kier molecular flexibility index (Phi) is 3.51. The van der Waals surface area contributed by atoms with Gasteiger partial charge in [0.2, 0.25) is 0 Å². The van der Waals surface area contributed by atoms with Crippen LogP contribution in [-0.4, -0.2) is 33.9 Å². The highest BCUT2D eigenvalue weighted by Gasteiger charge is 2.34. The van der Waals surface area contributed by atoms with Gasteiger partial charge >= 0.3 is 0 Å². The molecule has 0 aliphatic carbocycles. The number of carbonyl (C=O) groups is 1. The van der Waals surface area contributed by atoms with Crippen LogP contribution in [0.1, 0.15) is 22.1 Å². The van der Waals surface area contributed by atoms with Gasteiger partial charge in [-0.2, -0.15) is 0 Å². The van der Waals surface area contributed by atoms with Gasteiger partial charge in [0, 0.05) is 28.7 Å². The van der Waals surface area contributed by atoms with Crippen molar-refractivity contribution >= 4 is 40.1 Å². The number of hydrogen-bond donors (Lipinski definition) is 1. The number of para-hydroxylation sites is 2. The number of carbonyl (C=O) groups excluding carboxylic acids is 1. The lowest BCUT2D eigenvalue weighted by Gasteiger charge is -2.38. The average Bonchev–Trinajstić information content (AvgIpc) is 2.87. The van der Waals surface area contributed by atoms with E-state index in [9.17, 15) is 4.79 Å². The molecule has 1 fully saturated rings. The molecule has 0 unspecified atom stereocenters. The van der Waals surface area contributed by atoms with Gasteiger partial charge in [0.15, 0.2) is 0 Å². The van der Waals surface area contributed by atoms with Crippen LogP contribution in [0.15, 0.2) is 42.5 Å². The number of fused-ring (bicyclic) bond motifs is 1. The van der Waals surface area contributed by atoms with Crippen LogP contribution in [0.4, 0.5) is 0 Å². The Morgan fingerprint density at radius 1 is 1.13 bits per heavy atom. The maximum atomic E-state index is 12.5.